The van der Waals surface area contributed by atoms with Gasteiger partial charge < -0.3 is 5.11 Å². The van der Waals surface area contributed by atoms with Crippen LogP contribution in [0.5, 0.6) is 0 Å². The molecule has 0 atom stereocenters. The van der Waals surface area contributed by atoms with Crippen molar-refractivity contribution in [2.45, 2.75) is 32.6 Å². The zero-order valence-electron chi connectivity index (χ0n) is 8.66. The number of rotatable bonds is 4. The van der Waals surface area contributed by atoms with Crippen molar-refractivity contribution in [2.75, 3.05) is 0 Å². The normalized spacial score (nSPS) is 10.5. The smallest absolute Gasteiger partial charge is 0.335 e. The average molecular weight is 192 g/mol. The highest BCUT2D eigenvalue weighted by molar-refractivity contribution is 5.87. The van der Waals surface area contributed by atoms with Crippen LogP contribution in [0.1, 0.15) is 48.5 Å². The van der Waals surface area contributed by atoms with E-state index < -0.39 is 5.97 Å². The molecule has 0 amide bonds. The van der Waals surface area contributed by atoms with E-state index in [2.05, 4.69) is 13.8 Å². The van der Waals surface area contributed by atoms with Crippen LogP contribution in [0.4, 0.5) is 0 Å². The number of carbonyl (C=O) groups is 1. The molecule has 0 saturated carbocycles. The van der Waals surface area contributed by atoms with Crippen LogP contribution in [0.2, 0.25) is 0 Å². The number of carboxylic acids is 1. The summed E-state index contributed by atoms with van der Waals surface area (Å²) in [6.45, 7) is 4.30. The van der Waals surface area contributed by atoms with Crippen LogP contribution in [0.25, 0.3) is 0 Å². The van der Waals surface area contributed by atoms with Crippen LogP contribution in [-0.2, 0) is 0 Å². The lowest BCUT2D eigenvalue weighted by Crippen LogP contribution is -1.99. The Morgan fingerprint density at radius 1 is 1.21 bits per heavy atom. The first-order valence-corrected chi connectivity index (χ1v) is 5.02. The van der Waals surface area contributed by atoms with E-state index in [0.29, 0.717) is 11.5 Å². The molecule has 14 heavy (non-hydrogen) atoms. The fraction of sp³-hybridized carbons (Fsp3) is 0.417. The quantitative estimate of drug-likeness (QED) is 0.794. The fourth-order valence-electron chi connectivity index (χ4n) is 1.66. The molecule has 0 radical (unpaired) electrons. The summed E-state index contributed by atoms with van der Waals surface area (Å²) < 4.78 is 0. The van der Waals surface area contributed by atoms with Crippen LogP contribution in [-0.4, -0.2) is 11.1 Å². The summed E-state index contributed by atoms with van der Waals surface area (Å²) in [5.74, 6) is -0.307. The van der Waals surface area contributed by atoms with Crippen molar-refractivity contribution in [3.05, 3.63) is 35.4 Å². The first-order valence-electron chi connectivity index (χ1n) is 5.02. The highest BCUT2D eigenvalue weighted by Gasteiger charge is 2.07. The molecule has 0 aliphatic rings. The predicted molar refractivity (Wildman–Crippen MR) is 56.7 cm³/mol. The highest BCUT2D eigenvalue weighted by atomic mass is 16.4. The molecule has 0 saturated heterocycles. The van der Waals surface area contributed by atoms with Crippen LogP contribution in [0.3, 0.4) is 0 Å². The van der Waals surface area contributed by atoms with E-state index in [1.54, 1.807) is 12.1 Å². The molecule has 0 aliphatic carbocycles. The van der Waals surface area contributed by atoms with Gasteiger partial charge in [0.2, 0.25) is 0 Å². The largest absolute Gasteiger partial charge is 0.478 e. The van der Waals surface area contributed by atoms with Gasteiger partial charge in [-0.1, -0.05) is 26.0 Å². The lowest BCUT2D eigenvalue weighted by molar-refractivity contribution is 0.0697. The monoisotopic (exact) mass is 192 g/mol. The van der Waals surface area contributed by atoms with Crippen molar-refractivity contribution >= 4 is 5.97 Å². The minimum atomic E-state index is -0.860. The van der Waals surface area contributed by atoms with E-state index in [9.17, 15) is 4.79 Å². The van der Waals surface area contributed by atoms with Gasteiger partial charge in [-0.2, -0.15) is 0 Å². The molecule has 0 heterocycles. The van der Waals surface area contributed by atoms with E-state index >= 15 is 0 Å². The molecule has 1 aromatic carbocycles. The van der Waals surface area contributed by atoms with Crippen molar-refractivity contribution in [3.63, 3.8) is 0 Å². The first kappa shape index (κ1) is 10.8. The van der Waals surface area contributed by atoms with Gasteiger partial charge in [0.15, 0.2) is 0 Å². The Morgan fingerprint density at radius 3 is 2.07 bits per heavy atom. The van der Waals surface area contributed by atoms with Gasteiger partial charge in [0.1, 0.15) is 0 Å². The second-order valence-electron chi connectivity index (χ2n) is 3.44. The predicted octanol–water partition coefficient (Wildman–Crippen LogP) is 3.29. The van der Waals surface area contributed by atoms with E-state index in [1.807, 2.05) is 12.1 Å². The van der Waals surface area contributed by atoms with Gasteiger partial charge in [-0.15, -0.1) is 0 Å². The Labute approximate surface area is 84.6 Å². The molecule has 2 heteroatoms. The molecule has 1 aromatic rings. The molecule has 1 N–H and O–H groups in total. The maximum Gasteiger partial charge on any atom is 0.335 e. The molecule has 2 nitrogen and oxygen atoms in total. The van der Waals surface area contributed by atoms with Crippen molar-refractivity contribution in [1.82, 2.24) is 0 Å². The van der Waals surface area contributed by atoms with Gasteiger partial charge in [-0.3, -0.25) is 0 Å². The summed E-state index contributed by atoms with van der Waals surface area (Å²) in [5.41, 5.74) is 1.60. The van der Waals surface area contributed by atoms with Gasteiger partial charge in [-0.25, -0.2) is 4.79 Å². The lowest BCUT2D eigenvalue weighted by Gasteiger charge is -2.12. The summed E-state index contributed by atoms with van der Waals surface area (Å²) in [5, 5.41) is 8.73. The third-order valence-electron chi connectivity index (χ3n) is 2.61. The van der Waals surface area contributed by atoms with E-state index in [0.717, 1.165) is 12.8 Å². The summed E-state index contributed by atoms with van der Waals surface area (Å²) in [4.78, 5) is 10.6. The summed E-state index contributed by atoms with van der Waals surface area (Å²) in [6.07, 6.45) is 2.20. The van der Waals surface area contributed by atoms with Gasteiger partial charge in [0, 0.05) is 0 Å². The van der Waals surface area contributed by atoms with Crippen LogP contribution in [0.15, 0.2) is 24.3 Å². The maximum atomic E-state index is 10.6. The topological polar surface area (TPSA) is 37.3 Å². The zero-order chi connectivity index (χ0) is 10.6. The average Bonchev–Trinajstić information content (AvgIpc) is 2.20. The third-order valence-corrected chi connectivity index (χ3v) is 2.61. The number of hydrogen-bond donors (Lipinski definition) is 1. The Bertz CT molecular complexity index is 297. The van der Waals surface area contributed by atoms with Crippen LogP contribution < -0.4 is 0 Å². The van der Waals surface area contributed by atoms with Crippen molar-refractivity contribution in [2.24, 2.45) is 0 Å². The molecule has 0 spiro atoms. The minimum absolute atomic E-state index is 0.361. The second-order valence-corrected chi connectivity index (χ2v) is 3.44. The lowest BCUT2D eigenvalue weighted by atomic mass is 9.93. The van der Waals surface area contributed by atoms with Gasteiger partial charge in [0.05, 0.1) is 5.56 Å². The fourth-order valence-corrected chi connectivity index (χ4v) is 1.66. The molecular weight excluding hydrogens is 176 g/mol. The van der Waals surface area contributed by atoms with Crippen LogP contribution >= 0.6 is 0 Å². The molecule has 0 unspecified atom stereocenters. The molecule has 1 rings (SSSR count). The first-order chi connectivity index (χ1) is 6.69. The zero-order valence-corrected chi connectivity index (χ0v) is 8.66. The van der Waals surface area contributed by atoms with E-state index in [1.165, 1.54) is 5.56 Å². The molecule has 0 fully saturated rings. The van der Waals surface area contributed by atoms with Crippen molar-refractivity contribution in [1.29, 1.82) is 0 Å². The van der Waals surface area contributed by atoms with Crippen molar-refractivity contribution in [3.8, 4) is 0 Å². The molecule has 0 aromatic heterocycles. The van der Waals surface area contributed by atoms with Gasteiger partial charge in [-0.05, 0) is 36.5 Å². The number of carboxylic acid groups (broad SMARTS) is 1. The second kappa shape index (κ2) is 4.80. The summed E-state index contributed by atoms with van der Waals surface area (Å²) >= 11 is 0. The van der Waals surface area contributed by atoms with Crippen molar-refractivity contribution < 1.29 is 9.90 Å². The van der Waals surface area contributed by atoms with Gasteiger partial charge >= 0.3 is 5.97 Å². The molecular formula is C12H16O2. The maximum absolute atomic E-state index is 10.6. The highest BCUT2D eigenvalue weighted by Crippen LogP contribution is 2.22. The van der Waals surface area contributed by atoms with Crippen LogP contribution in [0, 0.1) is 0 Å². The molecule has 76 valence electrons. The van der Waals surface area contributed by atoms with E-state index in [4.69, 9.17) is 5.11 Å². The summed E-state index contributed by atoms with van der Waals surface area (Å²) in [6, 6.07) is 7.19. The number of aromatic carboxylic acids is 1. The number of benzene rings is 1. The Kier molecular flexibility index (Phi) is 3.69. The summed E-state index contributed by atoms with van der Waals surface area (Å²) in [7, 11) is 0. The third kappa shape index (κ3) is 2.34. The Hall–Kier alpha value is -1.31. The standard InChI is InChI=1S/C12H16O2/c1-3-9(4-2)10-5-7-11(8-6-10)12(13)14/h5-9H,3-4H2,1-2H3,(H,13,14). The SMILES string of the molecule is CCC(CC)c1ccc(C(=O)O)cc1. The Morgan fingerprint density at radius 2 is 1.71 bits per heavy atom. The Balaban J connectivity index is 2.87. The minimum Gasteiger partial charge on any atom is -0.478 e. The number of hydrogen-bond acceptors (Lipinski definition) is 1. The molecule has 0 aliphatic heterocycles. The van der Waals surface area contributed by atoms with Gasteiger partial charge in [0.25, 0.3) is 0 Å². The van der Waals surface area contributed by atoms with E-state index in [-0.39, 0.29) is 0 Å². The molecule has 0 bridgehead atoms.